The first kappa shape index (κ1) is 12.5. The number of methoxy groups -OCH3 is 1. The van der Waals surface area contributed by atoms with E-state index in [2.05, 4.69) is 6.07 Å². The molecule has 0 bridgehead atoms. The highest BCUT2D eigenvalue weighted by Crippen LogP contribution is 2.18. The van der Waals surface area contributed by atoms with Crippen molar-refractivity contribution in [3.05, 3.63) is 29.6 Å². The van der Waals surface area contributed by atoms with Crippen LogP contribution in [0.4, 0.5) is 4.39 Å². The Kier molecular flexibility index (Phi) is 4.74. The predicted molar refractivity (Wildman–Crippen MR) is 59.5 cm³/mol. The van der Waals surface area contributed by atoms with E-state index < -0.39 is 0 Å². The van der Waals surface area contributed by atoms with Gasteiger partial charge in [-0.3, -0.25) is 4.90 Å². The van der Waals surface area contributed by atoms with Gasteiger partial charge in [-0.2, -0.15) is 5.26 Å². The van der Waals surface area contributed by atoms with Crippen molar-refractivity contribution in [3.63, 3.8) is 0 Å². The second-order valence-corrected chi connectivity index (χ2v) is 3.43. The minimum atomic E-state index is -0.368. The molecule has 1 aromatic carbocycles. The third kappa shape index (κ3) is 3.21. The lowest BCUT2D eigenvalue weighted by atomic mass is 10.2. The van der Waals surface area contributed by atoms with Crippen molar-refractivity contribution in [2.75, 3.05) is 20.2 Å². The fourth-order valence-electron chi connectivity index (χ4n) is 1.45. The van der Waals surface area contributed by atoms with Crippen LogP contribution < -0.4 is 4.74 Å². The van der Waals surface area contributed by atoms with Crippen LogP contribution in [-0.4, -0.2) is 25.1 Å². The van der Waals surface area contributed by atoms with Crippen LogP contribution in [-0.2, 0) is 6.54 Å². The van der Waals surface area contributed by atoms with E-state index in [0.717, 1.165) is 12.1 Å². The van der Waals surface area contributed by atoms with Gasteiger partial charge in [0.25, 0.3) is 0 Å². The van der Waals surface area contributed by atoms with Crippen LogP contribution in [0.15, 0.2) is 18.2 Å². The SMILES string of the molecule is CCN(CC#N)Cc1ccc(OC)c(F)c1. The molecule has 0 N–H and O–H groups in total. The third-order valence-corrected chi connectivity index (χ3v) is 2.36. The first-order valence-electron chi connectivity index (χ1n) is 5.13. The molecular weight excluding hydrogens is 207 g/mol. The minimum Gasteiger partial charge on any atom is -0.494 e. The highest BCUT2D eigenvalue weighted by molar-refractivity contribution is 5.29. The molecule has 0 aliphatic carbocycles. The van der Waals surface area contributed by atoms with Crippen molar-refractivity contribution in [1.82, 2.24) is 4.90 Å². The number of nitrogens with zero attached hydrogens (tertiary/aromatic N) is 2. The molecule has 0 amide bonds. The predicted octanol–water partition coefficient (Wildman–Crippen LogP) is 2.18. The Morgan fingerprint density at radius 2 is 2.25 bits per heavy atom. The van der Waals surface area contributed by atoms with E-state index in [1.54, 1.807) is 6.07 Å². The van der Waals surface area contributed by atoms with Crippen LogP contribution in [0.5, 0.6) is 5.75 Å². The van der Waals surface area contributed by atoms with Gasteiger partial charge in [0.05, 0.1) is 19.7 Å². The molecule has 0 saturated heterocycles. The van der Waals surface area contributed by atoms with Gasteiger partial charge in [0.1, 0.15) is 0 Å². The molecule has 0 aliphatic rings. The average Bonchev–Trinajstić information content (AvgIpc) is 2.28. The maximum Gasteiger partial charge on any atom is 0.165 e. The molecule has 0 aromatic heterocycles. The summed E-state index contributed by atoms with van der Waals surface area (Å²) in [7, 11) is 1.44. The molecule has 4 heteroatoms. The quantitative estimate of drug-likeness (QED) is 0.716. The van der Waals surface area contributed by atoms with E-state index in [-0.39, 0.29) is 11.6 Å². The van der Waals surface area contributed by atoms with Gasteiger partial charge in [0.15, 0.2) is 11.6 Å². The molecule has 3 nitrogen and oxygen atoms in total. The number of ether oxygens (including phenoxy) is 1. The summed E-state index contributed by atoms with van der Waals surface area (Å²) in [5.41, 5.74) is 0.843. The van der Waals surface area contributed by atoms with Gasteiger partial charge in [-0.1, -0.05) is 13.0 Å². The summed E-state index contributed by atoms with van der Waals surface area (Å²) >= 11 is 0. The molecule has 0 aliphatic heterocycles. The van der Waals surface area contributed by atoms with Gasteiger partial charge in [0, 0.05) is 6.54 Å². The summed E-state index contributed by atoms with van der Waals surface area (Å²) in [5.74, 6) is -0.125. The smallest absolute Gasteiger partial charge is 0.165 e. The van der Waals surface area contributed by atoms with Gasteiger partial charge >= 0.3 is 0 Å². The maximum atomic E-state index is 13.4. The van der Waals surface area contributed by atoms with Gasteiger partial charge in [0.2, 0.25) is 0 Å². The van der Waals surface area contributed by atoms with Crippen LogP contribution in [0.3, 0.4) is 0 Å². The fourth-order valence-corrected chi connectivity index (χ4v) is 1.45. The molecule has 0 fully saturated rings. The van der Waals surface area contributed by atoms with Crippen LogP contribution in [0.1, 0.15) is 12.5 Å². The molecule has 0 spiro atoms. The Hall–Kier alpha value is -1.60. The van der Waals surface area contributed by atoms with E-state index >= 15 is 0 Å². The zero-order valence-corrected chi connectivity index (χ0v) is 9.53. The first-order valence-corrected chi connectivity index (χ1v) is 5.13. The van der Waals surface area contributed by atoms with Crippen LogP contribution >= 0.6 is 0 Å². The standard InChI is InChI=1S/C12H15FN2O/c1-3-15(7-6-14)9-10-4-5-12(16-2)11(13)8-10/h4-5,8H,3,7,9H2,1-2H3. The van der Waals surface area contributed by atoms with Crippen molar-refractivity contribution in [2.24, 2.45) is 0 Å². The highest BCUT2D eigenvalue weighted by atomic mass is 19.1. The largest absolute Gasteiger partial charge is 0.494 e. The molecule has 86 valence electrons. The second-order valence-electron chi connectivity index (χ2n) is 3.43. The summed E-state index contributed by atoms with van der Waals surface area (Å²) in [5, 5.41) is 8.60. The molecule has 0 saturated carbocycles. The molecule has 16 heavy (non-hydrogen) atoms. The zero-order chi connectivity index (χ0) is 12.0. The van der Waals surface area contributed by atoms with Crippen molar-refractivity contribution >= 4 is 0 Å². The molecule has 1 aromatic rings. The topological polar surface area (TPSA) is 36.3 Å². The Morgan fingerprint density at radius 3 is 2.75 bits per heavy atom. The fraction of sp³-hybridized carbons (Fsp3) is 0.417. The van der Waals surface area contributed by atoms with E-state index in [1.807, 2.05) is 17.9 Å². The lowest BCUT2D eigenvalue weighted by Gasteiger charge is -2.16. The molecule has 0 atom stereocenters. The highest BCUT2D eigenvalue weighted by Gasteiger charge is 2.06. The van der Waals surface area contributed by atoms with Crippen molar-refractivity contribution in [3.8, 4) is 11.8 Å². The van der Waals surface area contributed by atoms with Gasteiger partial charge < -0.3 is 4.74 Å². The third-order valence-electron chi connectivity index (χ3n) is 2.36. The van der Waals surface area contributed by atoms with Crippen molar-refractivity contribution < 1.29 is 9.13 Å². The lowest BCUT2D eigenvalue weighted by Crippen LogP contribution is -2.23. The summed E-state index contributed by atoms with van der Waals surface area (Å²) in [6.07, 6.45) is 0. The minimum absolute atomic E-state index is 0.243. The Morgan fingerprint density at radius 1 is 1.50 bits per heavy atom. The molecule has 0 unspecified atom stereocenters. The number of hydrogen-bond acceptors (Lipinski definition) is 3. The first-order chi connectivity index (χ1) is 7.71. The molecule has 0 heterocycles. The van der Waals surface area contributed by atoms with Gasteiger partial charge in [-0.15, -0.1) is 0 Å². The van der Waals surface area contributed by atoms with E-state index in [1.165, 1.54) is 13.2 Å². The van der Waals surface area contributed by atoms with Crippen LogP contribution in [0.25, 0.3) is 0 Å². The van der Waals surface area contributed by atoms with Crippen molar-refractivity contribution in [2.45, 2.75) is 13.5 Å². The van der Waals surface area contributed by atoms with Gasteiger partial charge in [-0.25, -0.2) is 4.39 Å². The van der Waals surface area contributed by atoms with Crippen LogP contribution in [0, 0.1) is 17.1 Å². The van der Waals surface area contributed by atoms with Crippen molar-refractivity contribution in [1.29, 1.82) is 5.26 Å². The van der Waals surface area contributed by atoms with Crippen LogP contribution in [0.2, 0.25) is 0 Å². The molecule has 1 rings (SSSR count). The number of rotatable bonds is 5. The number of hydrogen-bond donors (Lipinski definition) is 0. The summed E-state index contributed by atoms with van der Waals surface area (Å²) in [4.78, 5) is 1.93. The molecular formula is C12H15FN2O. The normalized spacial score (nSPS) is 10.2. The zero-order valence-electron chi connectivity index (χ0n) is 9.53. The second kappa shape index (κ2) is 6.09. The van der Waals surface area contributed by atoms with Gasteiger partial charge in [-0.05, 0) is 24.2 Å². The van der Waals surface area contributed by atoms with E-state index in [0.29, 0.717) is 13.1 Å². The van der Waals surface area contributed by atoms with E-state index in [4.69, 9.17) is 10.00 Å². The summed E-state index contributed by atoms with van der Waals surface area (Å²) in [6, 6.07) is 6.94. The Balaban J connectivity index is 2.74. The monoisotopic (exact) mass is 222 g/mol. The number of nitriles is 1. The number of benzene rings is 1. The lowest BCUT2D eigenvalue weighted by molar-refractivity contribution is 0.313. The summed E-state index contributed by atoms with van der Waals surface area (Å²) in [6.45, 7) is 3.66. The summed E-state index contributed by atoms with van der Waals surface area (Å²) < 4.78 is 18.2. The maximum absolute atomic E-state index is 13.4. The average molecular weight is 222 g/mol. The molecule has 0 radical (unpaired) electrons. The van der Waals surface area contributed by atoms with E-state index in [9.17, 15) is 4.39 Å². The Labute approximate surface area is 95.1 Å². The number of halogens is 1. The Bertz CT molecular complexity index is 387.